The summed E-state index contributed by atoms with van der Waals surface area (Å²) >= 11 is 0. The lowest BCUT2D eigenvalue weighted by Gasteiger charge is -2.12. The molecule has 0 aliphatic carbocycles. The third-order valence-electron chi connectivity index (χ3n) is 2.89. The van der Waals surface area contributed by atoms with E-state index in [1.54, 1.807) is 19.1 Å². The molecule has 17 heavy (non-hydrogen) atoms. The number of hydrogen-bond acceptors (Lipinski definition) is 3. The highest BCUT2D eigenvalue weighted by Crippen LogP contribution is 2.19. The van der Waals surface area contributed by atoms with E-state index in [0.29, 0.717) is 11.3 Å². The van der Waals surface area contributed by atoms with Crippen molar-refractivity contribution in [1.82, 2.24) is 4.90 Å². The summed E-state index contributed by atoms with van der Waals surface area (Å²) in [5.41, 5.74) is 1.05. The number of imide groups is 1. The average molecular weight is 236 g/mol. The van der Waals surface area contributed by atoms with Crippen LogP contribution in [0.25, 0.3) is 0 Å². The number of benzene rings is 1. The summed E-state index contributed by atoms with van der Waals surface area (Å²) in [7, 11) is 1.45. The molecule has 2 rings (SSSR count). The molecule has 2 amide bonds. The van der Waals surface area contributed by atoms with Crippen LogP contribution in [0.4, 0.5) is 10.1 Å². The van der Waals surface area contributed by atoms with Crippen molar-refractivity contribution in [3.8, 4) is 0 Å². The third-order valence-corrected chi connectivity index (χ3v) is 2.89. The summed E-state index contributed by atoms with van der Waals surface area (Å²) in [6.45, 7) is 1.66. The lowest BCUT2D eigenvalue weighted by Crippen LogP contribution is -2.31. The van der Waals surface area contributed by atoms with Crippen molar-refractivity contribution in [2.75, 3.05) is 12.4 Å². The molecule has 1 fully saturated rings. The number of halogens is 1. The van der Waals surface area contributed by atoms with Gasteiger partial charge in [0.2, 0.25) is 5.91 Å². The molecule has 1 aliphatic rings. The number of carbonyl (C=O) groups excluding carboxylic acids is 2. The van der Waals surface area contributed by atoms with E-state index in [0.717, 1.165) is 4.90 Å². The minimum absolute atomic E-state index is 0.116. The molecule has 1 heterocycles. The summed E-state index contributed by atoms with van der Waals surface area (Å²) < 4.78 is 13.3. The summed E-state index contributed by atoms with van der Waals surface area (Å²) in [4.78, 5) is 24.0. The number of amides is 2. The fourth-order valence-electron chi connectivity index (χ4n) is 1.75. The van der Waals surface area contributed by atoms with Gasteiger partial charge in [-0.25, -0.2) is 4.39 Å². The van der Waals surface area contributed by atoms with Crippen LogP contribution in [0.2, 0.25) is 0 Å². The normalized spacial score (nSPS) is 19.9. The third kappa shape index (κ3) is 2.13. The van der Waals surface area contributed by atoms with E-state index in [1.807, 2.05) is 0 Å². The minimum Gasteiger partial charge on any atom is -0.373 e. The van der Waals surface area contributed by atoms with E-state index in [1.165, 1.54) is 13.1 Å². The monoisotopic (exact) mass is 236 g/mol. The van der Waals surface area contributed by atoms with Crippen LogP contribution in [0.3, 0.4) is 0 Å². The molecular weight excluding hydrogens is 223 g/mol. The second-order valence-corrected chi connectivity index (χ2v) is 4.16. The summed E-state index contributed by atoms with van der Waals surface area (Å²) in [5.74, 6) is -0.837. The number of nitrogens with zero attached hydrogens (tertiary/aromatic N) is 1. The van der Waals surface area contributed by atoms with Gasteiger partial charge in [-0.3, -0.25) is 14.5 Å². The van der Waals surface area contributed by atoms with Gasteiger partial charge in [0.15, 0.2) is 0 Å². The van der Waals surface area contributed by atoms with E-state index < -0.39 is 6.04 Å². The Morgan fingerprint density at radius 1 is 1.41 bits per heavy atom. The zero-order valence-corrected chi connectivity index (χ0v) is 9.66. The molecule has 0 saturated carbocycles. The lowest BCUT2D eigenvalue weighted by atomic mass is 10.2. The lowest BCUT2D eigenvalue weighted by molar-refractivity contribution is -0.136. The van der Waals surface area contributed by atoms with Gasteiger partial charge in [0, 0.05) is 12.7 Å². The highest BCUT2D eigenvalue weighted by Gasteiger charge is 2.35. The van der Waals surface area contributed by atoms with Gasteiger partial charge in [-0.15, -0.1) is 0 Å². The number of likely N-dealkylation sites (N-methyl/N-ethyl adjacent to an activating group) is 1. The number of aryl methyl sites for hydroxylation is 1. The topological polar surface area (TPSA) is 49.4 Å². The summed E-state index contributed by atoms with van der Waals surface area (Å²) in [5, 5.41) is 2.87. The van der Waals surface area contributed by atoms with Crippen LogP contribution in [0, 0.1) is 12.7 Å². The first-order valence-electron chi connectivity index (χ1n) is 5.32. The molecule has 5 heteroatoms. The Morgan fingerprint density at radius 2 is 2.12 bits per heavy atom. The first-order valence-corrected chi connectivity index (χ1v) is 5.32. The zero-order valence-electron chi connectivity index (χ0n) is 9.66. The zero-order chi connectivity index (χ0) is 12.6. The molecule has 0 spiro atoms. The molecule has 0 aromatic heterocycles. The number of nitrogens with one attached hydrogen (secondary N) is 1. The molecule has 1 unspecified atom stereocenters. The second kappa shape index (κ2) is 4.16. The molecule has 1 saturated heterocycles. The molecule has 1 atom stereocenters. The van der Waals surface area contributed by atoms with Crippen LogP contribution < -0.4 is 5.32 Å². The highest BCUT2D eigenvalue weighted by atomic mass is 19.1. The number of anilines is 1. The fraction of sp³-hybridized carbons (Fsp3) is 0.333. The van der Waals surface area contributed by atoms with Crippen LogP contribution in [-0.4, -0.2) is 29.8 Å². The van der Waals surface area contributed by atoms with Gasteiger partial charge in [0.05, 0.1) is 6.42 Å². The average Bonchev–Trinajstić information content (AvgIpc) is 2.52. The molecule has 1 N–H and O–H groups in total. The fourth-order valence-corrected chi connectivity index (χ4v) is 1.75. The van der Waals surface area contributed by atoms with Gasteiger partial charge >= 0.3 is 0 Å². The number of rotatable bonds is 2. The Labute approximate surface area is 98.4 Å². The van der Waals surface area contributed by atoms with Crippen LogP contribution in [-0.2, 0) is 9.59 Å². The molecule has 4 nitrogen and oxygen atoms in total. The van der Waals surface area contributed by atoms with Crippen molar-refractivity contribution >= 4 is 17.5 Å². The molecule has 0 radical (unpaired) electrons. The molecular formula is C12H13FN2O2. The summed E-state index contributed by atoms with van der Waals surface area (Å²) in [6, 6.07) is 4.05. The SMILES string of the molecule is Cc1ccc(NC2CC(=O)N(C)C2=O)cc1F. The van der Waals surface area contributed by atoms with Crippen LogP contribution in [0.1, 0.15) is 12.0 Å². The Hall–Kier alpha value is -1.91. The number of likely N-dealkylation sites (tertiary alicyclic amines) is 1. The standard InChI is InChI=1S/C12H13FN2O2/c1-7-3-4-8(5-9(7)13)14-10-6-11(16)15(2)12(10)17/h3-5,10,14H,6H2,1-2H3. The van der Waals surface area contributed by atoms with Gasteiger partial charge in [-0.2, -0.15) is 0 Å². The van der Waals surface area contributed by atoms with Crippen LogP contribution in [0.15, 0.2) is 18.2 Å². The van der Waals surface area contributed by atoms with Crippen molar-refractivity contribution < 1.29 is 14.0 Å². The van der Waals surface area contributed by atoms with Crippen molar-refractivity contribution in [2.24, 2.45) is 0 Å². The second-order valence-electron chi connectivity index (χ2n) is 4.16. The molecule has 1 aliphatic heterocycles. The quantitative estimate of drug-likeness (QED) is 0.787. The molecule has 1 aromatic carbocycles. The van der Waals surface area contributed by atoms with Gasteiger partial charge in [-0.1, -0.05) is 6.07 Å². The van der Waals surface area contributed by atoms with Gasteiger partial charge < -0.3 is 5.32 Å². The van der Waals surface area contributed by atoms with Crippen molar-refractivity contribution in [3.05, 3.63) is 29.6 Å². The van der Waals surface area contributed by atoms with E-state index in [4.69, 9.17) is 0 Å². The van der Waals surface area contributed by atoms with Gasteiger partial charge in [0.25, 0.3) is 5.91 Å². The van der Waals surface area contributed by atoms with E-state index in [2.05, 4.69) is 5.32 Å². The summed E-state index contributed by atoms with van der Waals surface area (Å²) in [6.07, 6.45) is 0.116. The van der Waals surface area contributed by atoms with E-state index >= 15 is 0 Å². The maximum absolute atomic E-state index is 13.3. The Kier molecular flexibility index (Phi) is 2.83. The smallest absolute Gasteiger partial charge is 0.251 e. The Morgan fingerprint density at radius 3 is 2.65 bits per heavy atom. The highest BCUT2D eigenvalue weighted by molar-refractivity contribution is 6.06. The van der Waals surface area contributed by atoms with Gasteiger partial charge in [0.1, 0.15) is 11.9 Å². The maximum atomic E-state index is 13.3. The molecule has 90 valence electrons. The maximum Gasteiger partial charge on any atom is 0.251 e. The van der Waals surface area contributed by atoms with Crippen LogP contribution in [0.5, 0.6) is 0 Å². The Bertz CT molecular complexity index is 487. The number of hydrogen-bond donors (Lipinski definition) is 1. The first kappa shape index (κ1) is 11.6. The van der Waals surface area contributed by atoms with Crippen molar-refractivity contribution in [3.63, 3.8) is 0 Å². The van der Waals surface area contributed by atoms with E-state index in [9.17, 15) is 14.0 Å². The minimum atomic E-state index is -0.588. The largest absolute Gasteiger partial charge is 0.373 e. The molecule has 1 aromatic rings. The molecule has 0 bridgehead atoms. The Balaban J connectivity index is 2.14. The predicted octanol–water partition coefficient (Wildman–Crippen LogP) is 1.30. The van der Waals surface area contributed by atoms with Gasteiger partial charge in [-0.05, 0) is 24.6 Å². The predicted molar refractivity (Wildman–Crippen MR) is 60.9 cm³/mol. The van der Waals surface area contributed by atoms with E-state index in [-0.39, 0.29) is 24.1 Å². The van der Waals surface area contributed by atoms with Crippen molar-refractivity contribution in [1.29, 1.82) is 0 Å². The van der Waals surface area contributed by atoms with Crippen molar-refractivity contribution in [2.45, 2.75) is 19.4 Å². The number of carbonyl (C=O) groups is 2. The van der Waals surface area contributed by atoms with Crippen LogP contribution >= 0.6 is 0 Å². The first-order chi connectivity index (χ1) is 7.99.